The molecule has 0 fully saturated rings. The predicted octanol–water partition coefficient (Wildman–Crippen LogP) is 4.42. The van der Waals surface area contributed by atoms with Crippen LogP contribution in [0.2, 0.25) is 0 Å². The second-order valence-electron chi connectivity index (χ2n) is 5.15. The lowest BCUT2D eigenvalue weighted by molar-refractivity contribution is 0.744. The molecule has 0 saturated heterocycles. The van der Waals surface area contributed by atoms with Crippen LogP contribution in [0.25, 0.3) is 5.57 Å². The summed E-state index contributed by atoms with van der Waals surface area (Å²) in [7, 11) is 0. The minimum absolute atomic E-state index is 0.597. The predicted molar refractivity (Wildman–Crippen MR) is 80.4 cm³/mol. The molecule has 0 aliphatic heterocycles. The van der Waals surface area contributed by atoms with E-state index in [-0.39, 0.29) is 0 Å². The number of allylic oxidation sites excluding steroid dienone is 6. The van der Waals surface area contributed by atoms with Crippen molar-refractivity contribution in [2.45, 2.75) is 27.2 Å². The molecule has 0 amide bonds. The van der Waals surface area contributed by atoms with Crippen LogP contribution in [0, 0.1) is 19.8 Å². The highest BCUT2D eigenvalue weighted by Gasteiger charge is 2.08. The molecule has 18 heavy (non-hydrogen) atoms. The molecule has 1 aromatic rings. The van der Waals surface area contributed by atoms with Crippen molar-refractivity contribution in [2.24, 2.45) is 5.92 Å². The van der Waals surface area contributed by atoms with Crippen LogP contribution in [0.15, 0.2) is 42.5 Å². The largest absolute Gasteiger partial charge is 0.399 e. The summed E-state index contributed by atoms with van der Waals surface area (Å²) in [4.78, 5) is 0. The van der Waals surface area contributed by atoms with Gasteiger partial charge < -0.3 is 5.73 Å². The van der Waals surface area contributed by atoms with E-state index in [1.807, 2.05) is 12.1 Å². The second kappa shape index (κ2) is 5.26. The molecule has 1 atom stereocenters. The van der Waals surface area contributed by atoms with Crippen LogP contribution in [-0.2, 0) is 0 Å². The van der Waals surface area contributed by atoms with Crippen molar-refractivity contribution in [3.8, 4) is 0 Å². The summed E-state index contributed by atoms with van der Waals surface area (Å²) in [6, 6.07) is 4.09. The number of nitrogen functional groups attached to an aromatic ring is 1. The van der Waals surface area contributed by atoms with E-state index in [1.54, 1.807) is 0 Å². The number of hydrogen-bond donors (Lipinski definition) is 1. The van der Waals surface area contributed by atoms with E-state index < -0.39 is 0 Å². The molecular weight excluding hydrogens is 218 g/mol. The van der Waals surface area contributed by atoms with Gasteiger partial charge in [0, 0.05) is 5.69 Å². The lowest BCUT2D eigenvalue weighted by Gasteiger charge is -2.14. The van der Waals surface area contributed by atoms with Gasteiger partial charge in [0.05, 0.1) is 0 Å². The minimum Gasteiger partial charge on any atom is -0.399 e. The first kappa shape index (κ1) is 12.7. The Hall–Kier alpha value is -1.76. The highest BCUT2D eigenvalue weighted by molar-refractivity contribution is 5.80. The van der Waals surface area contributed by atoms with Gasteiger partial charge in [-0.25, -0.2) is 0 Å². The quantitative estimate of drug-likeness (QED) is 0.721. The highest BCUT2D eigenvalue weighted by Crippen LogP contribution is 2.28. The van der Waals surface area contributed by atoms with Crippen LogP contribution in [0.5, 0.6) is 0 Å². The fraction of sp³-hybridized carbons (Fsp3) is 0.294. The molecule has 2 rings (SSSR count). The zero-order valence-corrected chi connectivity index (χ0v) is 11.4. The van der Waals surface area contributed by atoms with Crippen molar-refractivity contribution in [1.29, 1.82) is 0 Å². The lowest BCUT2D eigenvalue weighted by atomic mass is 9.92. The summed E-state index contributed by atoms with van der Waals surface area (Å²) in [6.45, 7) is 6.49. The second-order valence-corrected chi connectivity index (χ2v) is 5.15. The molecule has 1 aliphatic carbocycles. The van der Waals surface area contributed by atoms with Crippen molar-refractivity contribution >= 4 is 11.3 Å². The first-order chi connectivity index (χ1) is 8.58. The number of nitrogens with two attached hydrogens (primary N) is 1. The van der Waals surface area contributed by atoms with Gasteiger partial charge in [-0.15, -0.1) is 0 Å². The van der Waals surface area contributed by atoms with Gasteiger partial charge in [0.25, 0.3) is 0 Å². The summed E-state index contributed by atoms with van der Waals surface area (Å²) in [5.41, 5.74) is 11.8. The first-order valence-corrected chi connectivity index (χ1v) is 6.50. The van der Waals surface area contributed by atoms with Gasteiger partial charge in [-0.3, -0.25) is 0 Å². The van der Waals surface area contributed by atoms with E-state index in [4.69, 9.17) is 5.73 Å². The average Bonchev–Trinajstić information content (AvgIpc) is 2.26. The molecule has 1 heteroatoms. The normalized spacial score (nSPS) is 19.3. The Bertz CT molecular complexity index is 510. The molecule has 0 aromatic heterocycles. The Balaban J connectivity index is 2.51. The van der Waals surface area contributed by atoms with E-state index in [0.29, 0.717) is 5.92 Å². The van der Waals surface area contributed by atoms with Crippen LogP contribution < -0.4 is 5.73 Å². The molecular formula is C17H21N. The number of benzene rings is 1. The Morgan fingerprint density at radius 3 is 2.50 bits per heavy atom. The molecule has 0 saturated carbocycles. The van der Waals surface area contributed by atoms with Crippen LogP contribution in [0.1, 0.15) is 30.0 Å². The molecule has 1 aliphatic rings. The average molecular weight is 239 g/mol. The zero-order chi connectivity index (χ0) is 13.1. The Morgan fingerprint density at radius 2 is 1.83 bits per heavy atom. The molecule has 94 valence electrons. The molecule has 0 spiro atoms. The monoisotopic (exact) mass is 239 g/mol. The van der Waals surface area contributed by atoms with Crippen LogP contribution in [-0.4, -0.2) is 0 Å². The maximum atomic E-state index is 5.88. The topological polar surface area (TPSA) is 26.0 Å². The number of rotatable bonds is 1. The smallest absolute Gasteiger partial charge is 0.0319 e. The summed E-state index contributed by atoms with van der Waals surface area (Å²) in [5, 5.41) is 0. The first-order valence-electron chi connectivity index (χ1n) is 6.50. The number of aryl methyl sites for hydroxylation is 2. The molecule has 1 nitrogen and oxygen atoms in total. The summed E-state index contributed by atoms with van der Waals surface area (Å²) in [6.07, 6.45) is 12.2. The Kier molecular flexibility index (Phi) is 3.71. The summed E-state index contributed by atoms with van der Waals surface area (Å²) < 4.78 is 0. The minimum atomic E-state index is 0.597. The van der Waals surface area contributed by atoms with E-state index in [9.17, 15) is 0 Å². The molecule has 1 aromatic carbocycles. The van der Waals surface area contributed by atoms with E-state index in [1.165, 1.54) is 22.3 Å². The Labute approximate surface area is 110 Å². The van der Waals surface area contributed by atoms with Gasteiger partial charge in [-0.1, -0.05) is 37.3 Å². The van der Waals surface area contributed by atoms with Crippen molar-refractivity contribution in [3.63, 3.8) is 0 Å². The van der Waals surface area contributed by atoms with E-state index in [2.05, 4.69) is 51.2 Å². The molecule has 0 radical (unpaired) electrons. The molecule has 0 bridgehead atoms. The molecule has 2 N–H and O–H groups in total. The fourth-order valence-electron chi connectivity index (χ4n) is 2.49. The van der Waals surface area contributed by atoms with Crippen molar-refractivity contribution < 1.29 is 0 Å². The maximum absolute atomic E-state index is 5.88. The van der Waals surface area contributed by atoms with Crippen molar-refractivity contribution in [3.05, 3.63) is 59.2 Å². The third kappa shape index (κ3) is 2.73. The lowest BCUT2D eigenvalue weighted by Crippen LogP contribution is -1.97. The van der Waals surface area contributed by atoms with Crippen LogP contribution in [0.4, 0.5) is 5.69 Å². The number of hydrogen-bond acceptors (Lipinski definition) is 1. The molecule has 1 unspecified atom stereocenters. The van der Waals surface area contributed by atoms with Gasteiger partial charge in [0.2, 0.25) is 0 Å². The fourth-order valence-corrected chi connectivity index (χ4v) is 2.49. The van der Waals surface area contributed by atoms with Crippen LogP contribution >= 0.6 is 0 Å². The highest BCUT2D eigenvalue weighted by atomic mass is 14.5. The summed E-state index contributed by atoms with van der Waals surface area (Å²) >= 11 is 0. The van der Waals surface area contributed by atoms with Gasteiger partial charge in [-0.2, -0.15) is 0 Å². The Morgan fingerprint density at radius 1 is 1.17 bits per heavy atom. The third-order valence-corrected chi connectivity index (χ3v) is 3.37. The summed E-state index contributed by atoms with van der Waals surface area (Å²) in [5.74, 6) is 0.597. The van der Waals surface area contributed by atoms with Crippen molar-refractivity contribution in [2.75, 3.05) is 5.73 Å². The van der Waals surface area contributed by atoms with Crippen molar-refractivity contribution in [1.82, 2.24) is 0 Å². The van der Waals surface area contributed by atoms with Gasteiger partial charge >= 0.3 is 0 Å². The molecule has 0 heterocycles. The SMILES string of the molecule is Cc1cc(N)cc(C)c1C1=CC=CCC(C)C=C1. The van der Waals surface area contributed by atoms with Gasteiger partial charge in [-0.05, 0) is 60.6 Å². The van der Waals surface area contributed by atoms with E-state index in [0.717, 1.165) is 12.1 Å². The number of anilines is 1. The van der Waals surface area contributed by atoms with Crippen LogP contribution in [0.3, 0.4) is 0 Å². The van der Waals surface area contributed by atoms with Gasteiger partial charge in [0.1, 0.15) is 0 Å². The third-order valence-electron chi connectivity index (χ3n) is 3.37. The van der Waals surface area contributed by atoms with Gasteiger partial charge in [0.15, 0.2) is 0 Å². The maximum Gasteiger partial charge on any atom is 0.0319 e. The standard InChI is InChI=1S/C17H21N/c1-12-6-4-5-7-15(9-8-12)17-13(2)10-16(18)11-14(17)3/h4-5,7-12H,6,18H2,1-3H3. The van der Waals surface area contributed by atoms with E-state index >= 15 is 0 Å². The zero-order valence-electron chi connectivity index (χ0n) is 11.4.